The van der Waals surface area contributed by atoms with Crippen molar-refractivity contribution in [2.24, 2.45) is 0 Å². The number of nitrogens with two attached hydrogens (primary N) is 1. The monoisotopic (exact) mass is 224 g/mol. The summed E-state index contributed by atoms with van der Waals surface area (Å²) in [5.74, 6) is -0.256. The molecule has 3 nitrogen and oxygen atoms in total. The molecule has 0 atom stereocenters. The molecule has 1 heterocycles. The van der Waals surface area contributed by atoms with Crippen LogP contribution in [0, 0.1) is 5.82 Å². The largest absolute Gasteiger partial charge is 0.397 e. The van der Waals surface area contributed by atoms with Gasteiger partial charge in [-0.25, -0.2) is 4.39 Å². The summed E-state index contributed by atoms with van der Waals surface area (Å²) in [7, 11) is 0. The fourth-order valence-electron chi connectivity index (χ4n) is 2.01. The van der Waals surface area contributed by atoms with Gasteiger partial charge in [-0.1, -0.05) is 0 Å². The van der Waals surface area contributed by atoms with Crippen LogP contribution in [0.4, 0.5) is 15.8 Å². The number of hydrogen-bond donors (Lipinski definition) is 1. The second-order valence-corrected chi connectivity index (χ2v) is 4.73. The summed E-state index contributed by atoms with van der Waals surface area (Å²) in [6.45, 7) is 6.16. The summed E-state index contributed by atoms with van der Waals surface area (Å²) in [6.07, 6.45) is 0. The molecule has 1 aliphatic rings. The molecule has 0 amide bonds. The molecule has 1 aromatic carbocycles. The maximum Gasteiger partial charge on any atom is 0.125 e. The second kappa shape index (κ2) is 3.94. The third-order valence-corrected chi connectivity index (χ3v) is 2.76. The van der Waals surface area contributed by atoms with Crippen LogP contribution in [0.2, 0.25) is 0 Å². The minimum atomic E-state index is -0.256. The van der Waals surface area contributed by atoms with E-state index in [0.29, 0.717) is 12.3 Å². The Labute approximate surface area is 95.0 Å². The number of hydrogen-bond acceptors (Lipinski definition) is 3. The lowest BCUT2D eigenvalue weighted by Crippen LogP contribution is -2.48. The zero-order chi connectivity index (χ0) is 11.8. The van der Waals surface area contributed by atoms with Gasteiger partial charge in [0.25, 0.3) is 0 Å². The van der Waals surface area contributed by atoms with Gasteiger partial charge in [0.15, 0.2) is 0 Å². The third-order valence-electron chi connectivity index (χ3n) is 2.76. The van der Waals surface area contributed by atoms with Gasteiger partial charge in [-0.2, -0.15) is 0 Å². The number of anilines is 2. The van der Waals surface area contributed by atoms with Crippen molar-refractivity contribution in [2.75, 3.05) is 30.3 Å². The normalized spacial score (nSPS) is 19.8. The van der Waals surface area contributed by atoms with Crippen molar-refractivity contribution < 1.29 is 9.13 Å². The summed E-state index contributed by atoms with van der Waals surface area (Å²) >= 11 is 0. The van der Waals surface area contributed by atoms with Gasteiger partial charge in [0.2, 0.25) is 0 Å². The zero-order valence-corrected chi connectivity index (χ0v) is 9.66. The van der Waals surface area contributed by atoms with Gasteiger partial charge in [-0.15, -0.1) is 0 Å². The number of rotatable bonds is 1. The van der Waals surface area contributed by atoms with Gasteiger partial charge in [0, 0.05) is 13.1 Å². The van der Waals surface area contributed by atoms with E-state index in [2.05, 4.69) is 4.90 Å². The molecule has 0 aromatic heterocycles. The minimum Gasteiger partial charge on any atom is -0.397 e. The molecule has 0 spiro atoms. The molecule has 0 aliphatic carbocycles. The Morgan fingerprint density at radius 3 is 2.88 bits per heavy atom. The Morgan fingerprint density at radius 1 is 1.44 bits per heavy atom. The van der Waals surface area contributed by atoms with Crippen LogP contribution in [0.1, 0.15) is 13.8 Å². The van der Waals surface area contributed by atoms with Crippen molar-refractivity contribution in [3.05, 3.63) is 24.0 Å². The van der Waals surface area contributed by atoms with Crippen LogP contribution in [0.3, 0.4) is 0 Å². The van der Waals surface area contributed by atoms with Crippen molar-refractivity contribution in [2.45, 2.75) is 19.4 Å². The fourth-order valence-corrected chi connectivity index (χ4v) is 2.01. The van der Waals surface area contributed by atoms with Gasteiger partial charge in [0.05, 0.1) is 23.6 Å². The predicted molar refractivity (Wildman–Crippen MR) is 63.1 cm³/mol. The van der Waals surface area contributed by atoms with Crippen LogP contribution in [0.15, 0.2) is 18.2 Å². The van der Waals surface area contributed by atoms with Crippen molar-refractivity contribution in [1.82, 2.24) is 0 Å². The standard InChI is InChI=1S/C12H17FN2O/c1-12(2)8-15(5-6-16-12)11-7-9(13)3-4-10(11)14/h3-4,7H,5-6,8,14H2,1-2H3. The number of ether oxygens (including phenoxy) is 1. The van der Waals surface area contributed by atoms with Crippen LogP contribution in [-0.4, -0.2) is 25.3 Å². The molecule has 1 saturated heterocycles. The van der Waals surface area contributed by atoms with E-state index in [1.807, 2.05) is 13.8 Å². The molecule has 1 aliphatic heterocycles. The molecule has 0 saturated carbocycles. The van der Waals surface area contributed by atoms with Crippen LogP contribution in [0.5, 0.6) is 0 Å². The predicted octanol–water partition coefficient (Wildman–Crippen LogP) is 2.02. The quantitative estimate of drug-likeness (QED) is 0.742. The molecule has 16 heavy (non-hydrogen) atoms. The van der Waals surface area contributed by atoms with Gasteiger partial charge in [0.1, 0.15) is 5.82 Å². The van der Waals surface area contributed by atoms with Crippen molar-refractivity contribution >= 4 is 11.4 Å². The fraction of sp³-hybridized carbons (Fsp3) is 0.500. The molecule has 2 N–H and O–H groups in total. The van der Waals surface area contributed by atoms with E-state index >= 15 is 0 Å². The summed E-state index contributed by atoms with van der Waals surface area (Å²) in [5.41, 5.74) is 7.02. The molecule has 1 fully saturated rings. The summed E-state index contributed by atoms with van der Waals surface area (Å²) in [6, 6.07) is 4.47. The van der Waals surface area contributed by atoms with E-state index in [-0.39, 0.29) is 11.4 Å². The van der Waals surface area contributed by atoms with Crippen molar-refractivity contribution in [3.63, 3.8) is 0 Å². The molecule has 0 unspecified atom stereocenters. The average molecular weight is 224 g/mol. The second-order valence-electron chi connectivity index (χ2n) is 4.73. The number of nitrogens with zero attached hydrogens (tertiary/aromatic N) is 1. The molecule has 88 valence electrons. The van der Waals surface area contributed by atoms with Crippen LogP contribution >= 0.6 is 0 Å². The van der Waals surface area contributed by atoms with Crippen LogP contribution in [0.25, 0.3) is 0 Å². The summed E-state index contributed by atoms with van der Waals surface area (Å²) < 4.78 is 18.8. The summed E-state index contributed by atoms with van der Waals surface area (Å²) in [5, 5.41) is 0. The maximum atomic E-state index is 13.2. The topological polar surface area (TPSA) is 38.5 Å². The Balaban J connectivity index is 2.26. The lowest BCUT2D eigenvalue weighted by Gasteiger charge is -2.39. The highest BCUT2D eigenvalue weighted by molar-refractivity contribution is 5.67. The first-order valence-corrected chi connectivity index (χ1v) is 5.42. The third kappa shape index (κ3) is 2.27. The number of nitrogen functional groups attached to an aromatic ring is 1. The van der Waals surface area contributed by atoms with Crippen LogP contribution in [-0.2, 0) is 4.74 Å². The Hall–Kier alpha value is -1.29. The lowest BCUT2D eigenvalue weighted by molar-refractivity contribution is -0.0276. The van der Waals surface area contributed by atoms with E-state index in [1.54, 1.807) is 6.07 Å². The highest BCUT2D eigenvalue weighted by Gasteiger charge is 2.28. The van der Waals surface area contributed by atoms with Crippen molar-refractivity contribution in [1.29, 1.82) is 0 Å². The van der Waals surface area contributed by atoms with Crippen molar-refractivity contribution in [3.8, 4) is 0 Å². The molecule has 0 bridgehead atoms. The highest BCUT2D eigenvalue weighted by Crippen LogP contribution is 2.28. The molecule has 2 rings (SSSR count). The Kier molecular flexibility index (Phi) is 2.76. The number of benzene rings is 1. The SMILES string of the molecule is CC1(C)CN(c2cc(F)ccc2N)CCO1. The molecule has 0 radical (unpaired) electrons. The smallest absolute Gasteiger partial charge is 0.125 e. The van der Waals surface area contributed by atoms with Gasteiger partial charge >= 0.3 is 0 Å². The minimum absolute atomic E-state index is 0.211. The van der Waals surface area contributed by atoms with Crippen LogP contribution < -0.4 is 10.6 Å². The molecular formula is C12H17FN2O. The van der Waals surface area contributed by atoms with E-state index < -0.39 is 0 Å². The first kappa shape index (κ1) is 11.2. The number of halogens is 1. The molecule has 1 aromatic rings. The van der Waals surface area contributed by atoms with E-state index in [9.17, 15) is 4.39 Å². The van der Waals surface area contributed by atoms with Gasteiger partial charge in [-0.3, -0.25) is 0 Å². The van der Waals surface area contributed by atoms with E-state index in [0.717, 1.165) is 18.8 Å². The first-order valence-electron chi connectivity index (χ1n) is 5.42. The number of morpholine rings is 1. The first-order chi connectivity index (χ1) is 7.48. The zero-order valence-electron chi connectivity index (χ0n) is 9.66. The van der Waals surface area contributed by atoms with Gasteiger partial charge < -0.3 is 15.4 Å². The Bertz CT molecular complexity index is 393. The Morgan fingerprint density at radius 2 is 2.19 bits per heavy atom. The molecule has 4 heteroatoms. The van der Waals surface area contributed by atoms with E-state index in [1.165, 1.54) is 12.1 Å². The highest BCUT2D eigenvalue weighted by atomic mass is 19.1. The van der Waals surface area contributed by atoms with E-state index in [4.69, 9.17) is 10.5 Å². The van der Waals surface area contributed by atoms with Gasteiger partial charge in [-0.05, 0) is 32.0 Å². The molecular weight excluding hydrogens is 207 g/mol. The lowest BCUT2D eigenvalue weighted by atomic mass is 10.1. The summed E-state index contributed by atoms with van der Waals surface area (Å²) in [4.78, 5) is 2.07. The average Bonchev–Trinajstić information content (AvgIpc) is 2.20. The maximum absolute atomic E-state index is 13.2.